The third kappa shape index (κ3) is 10.5. The number of phenols is 1. The van der Waals surface area contributed by atoms with E-state index in [1.165, 1.54) is 11.1 Å². The molecule has 0 bridgehead atoms. The topological polar surface area (TPSA) is 165 Å². The van der Waals surface area contributed by atoms with Gasteiger partial charge in [-0.3, -0.25) is 9.59 Å². The van der Waals surface area contributed by atoms with Crippen LogP contribution in [-0.2, 0) is 14.4 Å². The van der Waals surface area contributed by atoms with E-state index in [0.717, 1.165) is 24.3 Å². The quantitative estimate of drug-likeness (QED) is 0.184. The van der Waals surface area contributed by atoms with Gasteiger partial charge in [0, 0.05) is 12.5 Å². The van der Waals surface area contributed by atoms with Crippen LogP contribution in [0.25, 0.3) is 0 Å². The molecule has 0 fully saturated rings. The van der Waals surface area contributed by atoms with Crippen LogP contribution in [0.5, 0.6) is 11.5 Å². The summed E-state index contributed by atoms with van der Waals surface area (Å²) in [6.07, 6.45) is -1.28. The Kier molecular flexibility index (Phi) is 13.0. The molecule has 0 saturated heterocycles. The second kappa shape index (κ2) is 16.1. The molecule has 10 heteroatoms. The number of ether oxygens (including phenoxy) is 1. The minimum Gasteiger partial charge on any atom is -0.508 e. The van der Waals surface area contributed by atoms with Crippen LogP contribution < -0.4 is 4.74 Å². The van der Waals surface area contributed by atoms with Gasteiger partial charge in [-0.2, -0.15) is 0 Å². The molecule has 5 N–H and O–H groups in total. The Morgan fingerprint density at radius 3 is 1.86 bits per heavy atom. The van der Waals surface area contributed by atoms with Crippen LogP contribution in [0.1, 0.15) is 54.7 Å². The van der Waals surface area contributed by atoms with E-state index in [1.807, 2.05) is 26.2 Å². The average molecular weight is 582 g/mol. The molecule has 3 rings (SSSR count). The molecule has 0 heterocycles. The molecular weight excluding hydrogens is 542 g/mol. The zero-order valence-electron chi connectivity index (χ0n) is 24.0. The first kappa shape index (κ1) is 33.8. The number of aliphatic hydroxyl groups is 1. The lowest BCUT2D eigenvalue weighted by Gasteiger charge is -2.28. The van der Waals surface area contributed by atoms with E-state index in [0.29, 0.717) is 18.3 Å². The highest BCUT2D eigenvalue weighted by Crippen LogP contribution is 2.41. The molecule has 0 amide bonds. The average Bonchev–Trinajstić information content (AvgIpc) is 2.92. The Morgan fingerprint density at radius 1 is 0.810 bits per heavy atom. The summed E-state index contributed by atoms with van der Waals surface area (Å²) in [5.41, 5.74) is 0.931. The van der Waals surface area contributed by atoms with E-state index >= 15 is 0 Å². The van der Waals surface area contributed by atoms with Gasteiger partial charge in [0.1, 0.15) is 18.1 Å². The third-order valence-corrected chi connectivity index (χ3v) is 6.63. The molecule has 0 radical (unpaired) electrons. The number of rotatable bonds is 14. The van der Waals surface area contributed by atoms with Gasteiger partial charge in [0.05, 0.1) is 12.8 Å². The van der Waals surface area contributed by atoms with E-state index in [-0.39, 0.29) is 5.92 Å². The summed E-state index contributed by atoms with van der Waals surface area (Å²) in [5, 5.41) is 43.9. The molecule has 3 aromatic carbocycles. The van der Waals surface area contributed by atoms with Gasteiger partial charge < -0.3 is 35.2 Å². The molecule has 10 nitrogen and oxygen atoms in total. The Hall–Kier alpha value is -4.41. The van der Waals surface area contributed by atoms with Gasteiger partial charge in [-0.1, -0.05) is 61.5 Å². The highest BCUT2D eigenvalue weighted by molar-refractivity contribution is 5.88. The van der Waals surface area contributed by atoms with Gasteiger partial charge in [0.15, 0.2) is 5.60 Å². The first-order chi connectivity index (χ1) is 19.9. The fourth-order valence-corrected chi connectivity index (χ4v) is 4.57. The maximum Gasteiger partial charge on any atom is 0.336 e. The van der Waals surface area contributed by atoms with E-state index < -0.39 is 36.4 Å². The molecule has 42 heavy (non-hydrogen) atoms. The first-order valence-electron chi connectivity index (χ1n) is 13.5. The Bertz CT molecular complexity index is 1280. The number of carbonyl (C=O) groups is 3. The summed E-state index contributed by atoms with van der Waals surface area (Å²) in [6.45, 7) is 3.79. The number of aliphatic carboxylic acids is 3. The standard InChI is InChI=1S/C26H31NO2.C6H8O7/c1-4-25(20-9-6-5-7-10-20)26(22-11-8-12-23(28)19-22)21-13-15-24(16-14-21)29-18-17-27(2)3;7-3(8)1-6(13,5(11)12)2-4(9)10/h5-16,19,25-26,28H,4,17-18H2,1-3H3;13H,1-2H2,(H,7,8)(H,9,10)(H,11,12). The smallest absolute Gasteiger partial charge is 0.336 e. The van der Waals surface area contributed by atoms with Crippen molar-refractivity contribution in [3.05, 3.63) is 95.6 Å². The molecule has 0 saturated carbocycles. The van der Waals surface area contributed by atoms with Crippen LogP contribution in [-0.4, -0.2) is 81.2 Å². The largest absolute Gasteiger partial charge is 0.508 e. The Labute approximate surface area is 245 Å². The van der Waals surface area contributed by atoms with Crippen molar-refractivity contribution in [2.45, 2.75) is 43.6 Å². The van der Waals surface area contributed by atoms with Gasteiger partial charge >= 0.3 is 17.9 Å². The van der Waals surface area contributed by atoms with Crippen LogP contribution in [0.3, 0.4) is 0 Å². The second-order valence-electron chi connectivity index (χ2n) is 10.2. The summed E-state index contributed by atoms with van der Waals surface area (Å²) in [6, 6.07) is 26.7. The van der Waals surface area contributed by atoms with Crippen molar-refractivity contribution in [3.63, 3.8) is 0 Å². The van der Waals surface area contributed by atoms with Crippen molar-refractivity contribution in [2.24, 2.45) is 0 Å². The minimum atomic E-state index is -2.74. The summed E-state index contributed by atoms with van der Waals surface area (Å²) in [7, 11) is 4.08. The molecule has 0 aliphatic rings. The monoisotopic (exact) mass is 581 g/mol. The van der Waals surface area contributed by atoms with Crippen LogP contribution >= 0.6 is 0 Å². The molecule has 2 atom stereocenters. The normalized spacial score (nSPS) is 12.5. The number of carboxylic acid groups (broad SMARTS) is 3. The minimum absolute atomic E-state index is 0.158. The number of hydrogen-bond donors (Lipinski definition) is 5. The van der Waals surface area contributed by atoms with Crippen LogP contribution in [0.4, 0.5) is 0 Å². The Balaban J connectivity index is 0.000000401. The van der Waals surface area contributed by atoms with Crippen molar-refractivity contribution in [1.29, 1.82) is 0 Å². The third-order valence-electron chi connectivity index (χ3n) is 6.63. The molecule has 0 aliphatic heterocycles. The van der Waals surface area contributed by atoms with Gasteiger partial charge in [0.2, 0.25) is 0 Å². The lowest BCUT2D eigenvalue weighted by atomic mass is 9.76. The predicted octanol–water partition coefficient (Wildman–Crippen LogP) is 4.41. The van der Waals surface area contributed by atoms with Gasteiger partial charge in [-0.05, 0) is 67.4 Å². The number of nitrogens with zero attached hydrogens (tertiary/aromatic N) is 1. The Morgan fingerprint density at radius 2 is 1.38 bits per heavy atom. The summed E-state index contributed by atoms with van der Waals surface area (Å²) >= 11 is 0. The van der Waals surface area contributed by atoms with Crippen molar-refractivity contribution < 1.29 is 44.7 Å². The fraction of sp³-hybridized carbons (Fsp3) is 0.344. The molecule has 0 spiro atoms. The zero-order chi connectivity index (χ0) is 31.3. The second-order valence-corrected chi connectivity index (χ2v) is 10.2. The van der Waals surface area contributed by atoms with Crippen molar-refractivity contribution >= 4 is 17.9 Å². The van der Waals surface area contributed by atoms with E-state index in [1.54, 1.807) is 6.07 Å². The zero-order valence-corrected chi connectivity index (χ0v) is 24.0. The number of carboxylic acids is 3. The first-order valence-corrected chi connectivity index (χ1v) is 13.5. The van der Waals surface area contributed by atoms with E-state index in [2.05, 4.69) is 72.5 Å². The van der Waals surface area contributed by atoms with E-state index in [4.69, 9.17) is 25.2 Å². The maximum atomic E-state index is 10.3. The predicted molar refractivity (Wildman–Crippen MR) is 157 cm³/mol. The number of benzene rings is 3. The molecule has 226 valence electrons. The molecule has 0 aromatic heterocycles. The molecule has 3 aromatic rings. The summed E-state index contributed by atoms with van der Waals surface area (Å²) in [4.78, 5) is 32.6. The van der Waals surface area contributed by atoms with Crippen LogP contribution in [0, 0.1) is 0 Å². The van der Waals surface area contributed by atoms with Crippen LogP contribution in [0.15, 0.2) is 78.9 Å². The fourth-order valence-electron chi connectivity index (χ4n) is 4.57. The van der Waals surface area contributed by atoms with Gasteiger partial charge in [-0.15, -0.1) is 0 Å². The molecular formula is C32H39NO9. The highest BCUT2D eigenvalue weighted by atomic mass is 16.5. The molecule has 0 aliphatic carbocycles. The summed E-state index contributed by atoms with van der Waals surface area (Å²) < 4.78 is 5.87. The van der Waals surface area contributed by atoms with Crippen molar-refractivity contribution in [3.8, 4) is 11.5 Å². The van der Waals surface area contributed by atoms with Gasteiger partial charge in [-0.25, -0.2) is 4.79 Å². The summed E-state index contributed by atoms with van der Waals surface area (Å²) in [5.74, 6) is -3.35. The maximum absolute atomic E-state index is 10.3. The van der Waals surface area contributed by atoms with Crippen LogP contribution in [0.2, 0.25) is 0 Å². The number of hydrogen-bond acceptors (Lipinski definition) is 7. The van der Waals surface area contributed by atoms with Crippen molar-refractivity contribution in [1.82, 2.24) is 4.90 Å². The van der Waals surface area contributed by atoms with Crippen molar-refractivity contribution in [2.75, 3.05) is 27.2 Å². The molecule has 2 unspecified atom stereocenters. The number of likely N-dealkylation sites (N-methyl/N-ethyl adjacent to an activating group) is 1. The van der Waals surface area contributed by atoms with Gasteiger partial charge in [0.25, 0.3) is 0 Å². The highest BCUT2D eigenvalue weighted by Gasteiger charge is 2.40. The van der Waals surface area contributed by atoms with E-state index in [9.17, 15) is 19.5 Å². The lowest BCUT2D eigenvalue weighted by Crippen LogP contribution is -2.42. The lowest BCUT2D eigenvalue weighted by molar-refractivity contribution is -0.170. The SMILES string of the molecule is CCC(c1ccccc1)C(c1ccc(OCCN(C)C)cc1)c1cccc(O)c1.O=C(O)CC(O)(CC(=O)O)C(=O)O. The number of aromatic hydroxyl groups is 1. The number of phenolic OH excluding ortho intramolecular Hbond substituents is 1.